The molecular formula is C10H11ClO2. The molecular weight excluding hydrogens is 188 g/mol. The number of rotatable bonds is 3. The van der Waals surface area contributed by atoms with E-state index >= 15 is 0 Å². The molecule has 0 saturated heterocycles. The van der Waals surface area contributed by atoms with Crippen LogP contribution < -0.4 is 4.74 Å². The summed E-state index contributed by atoms with van der Waals surface area (Å²) in [5, 5.41) is -0.574. The number of ether oxygens (including phenoxy) is 1. The summed E-state index contributed by atoms with van der Waals surface area (Å²) in [4.78, 5) is 11.0. The van der Waals surface area contributed by atoms with Crippen molar-refractivity contribution >= 4 is 17.4 Å². The summed E-state index contributed by atoms with van der Waals surface area (Å²) in [5.74, 6) is 0.652. The van der Waals surface area contributed by atoms with Crippen LogP contribution in [0.4, 0.5) is 0 Å². The van der Waals surface area contributed by atoms with Crippen LogP contribution >= 0.6 is 11.6 Å². The second kappa shape index (κ2) is 4.28. The standard InChI is InChI=1S/C10H11ClO2/c1-7(12)10(11)8-4-3-5-9(6-8)13-2/h3-6,10H,1-2H3. The lowest BCUT2D eigenvalue weighted by Gasteiger charge is -2.07. The number of carbonyl (C=O) groups is 1. The van der Waals surface area contributed by atoms with Gasteiger partial charge in [0.15, 0.2) is 5.78 Å². The second-order valence-corrected chi connectivity index (χ2v) is 3.19. The highest BCUT2D eigenvalue weighted by Gasteiger charge is 2.12. The first-order valence-corrected chi connectivity index (χ1v) is 4.37. The minimum atomic E-state index is -0.574. The van der Waals surface area contributed by atoms with Gasteiger partial charge in [0.25, 0.3) is 0 Å². The molecule has 13 heavy (non-hydrogen) atoms. The molecule has 1 rings (SSSR count). The Morgan fingerprint density at radius 1 is 1.54 bits per heavy atom. The maximum absolute atomic E-state index is 11.0. The predicted octanol–water partition coefficient (Wildman–Crippen LogP) is 2.56. The molecule has 0 N–H and O–H groups in total. The van der Waals surface area contributed by atoms with Gasteiger partial charge >= 0.3 is 0 Å². The zero-order valence-electron chi connectivity index (χ0n) is 7.58. The van der Waals surface area contributed by atoms with Gasteiger partial charge in [-0.05, 0) is 24.6 Å². The van der Waals surface area contributed by atoms with Crippen molar-refractivity contribution in [3.05, 3.63) is 29.8 Å². The number of halogens is 1. The zero-order valence-corrected chi connectivity index (χ0v) is 8.34. The Kier molecular flexibility index (Phi) is 3.32. The van der Waals surface area contributed by atoms with E-state index in [4.69, 9.17) is 16.3 Å². The smallest absolute Gasteiger partial charge is 0.152 e. The molecule has 0 aromatic heterocycles. The number of methoxy groups -OCH3 is 1. The Hall–Kier alpha value is -1.02. The fraction of sp³-hybridized carbons (Fsp3) is 0.300. The van der Waals surface area contributed by atoms with Crippen molar-refractivity contribution in [2.75, 3.05) is 7.11 Å². The molecule has 1 atom stereocenters. The lowest BCUT2D eigenvalue weighted by molar-refractivity contribution is -0.116. The van der Waals surface area contributed by atoms with Crippen LogP contribution in [0.25, 0.3) is 0 Å². The Balaban J connectivity index is 2.94. The number of alkyl halides is 1. The molecule has 1 aromatic carbocycles. The van der Waals surface area contributed by atoms with E-state index < -0.39 is 5.38 Å². The molecule has 0 aliphatic rings. The minimum Gasteiger partial charge on any atom is -0.497 e. The Bertz CT molecular complexity index is 310. The van der Waals surface area contributed by atoms with E-state index in [0.717, 1.165) is 5.56 Å². The summed E-state index contributed by atoms with van der Waals surface area (Å²) in [7, 11) is 1.58. The summed E-state index contributed by atoms with van der Waals surface area (Å²) >= 11 is 5.86. The zero-order chi connectivity index (χ0) is 9.84. The highest BCUT2D eigenvalue weighted by atomic mass is 35.5. The topological polar surface area (TPSA) is 26.3 Å². The van der Waals surface area contributed by atoms with Crippen molar-refractivity contribution in [3.8, 4) is 5.75 Å². The van der Waals surface area contributed by atoms with Crippen molar-refractivity contribution in [3.63, 3.8) is 0 Å². The van der Waals surface area contributed by atoms with Crippen molar-refractivity contribution in [1.82, 2.24) is 0 Å². The van der Waals surface area contributed by atoms with Gasteiger partial charge < -0.3 is 4.74 Å². The average Bonchev–Trinajstić information content (AvgIpc) is 2.16. The Labute approximate surface area is 82.5 Å². The average molecular weight is 199 g/mol. The van der Waals surface area contributed by atoms with Crippen molar-refractivity contribution in [2.24, 2.45) is 0 Å². The van der Waals surface area contributed by atoms with Crippen LogP contribution in [0.3, 0.4) is 0 Å². The number of hydrogen-bond acceptors (Lipinski definition) is 2. The van der Waals surface area contributed by atoms with Crippen LogP contribution in [0.2, 0.25) is 0 Å². The van der Waals surface area contributed by atoms with Crippen molar-refractivity contribution in [1.29, 1.82) is 0 Å². The van der Waals surface area contributed by atoms with Crippen LogP contribution in [-0.2, 0) is 4.79 Å². The first kappa shape index (κ1) is 10.1. The molecule has 0 radical (unpaired) electrons. The minimum absolute atomic E-state index is 0.0603. The van der Waals surface area contributed by atoms with E-state index in [0.29, 0.717) is 5.75 Å². The molecule has 0 bridgehead atoms. The van der Waals surface area contributed by atoms with Crippen LogP contribution in [0.5, 0.6) is 5.75 Å². The number of Topliss-reactive ketones (excluding diaryl/α,β-unsaturated/α-hetero) is 1. The molecule has 0 fully saturated rings. The fourth-order valence-electron chi connectivity index (χ4n) is 1.03. The third-order valence-electron chi connectivity index (χ3n) is 1.74. The quantitative estimate of drug-likeness (QED) is 0.698. The number of hydrogen-bond donors (Lipinski definition) is 0. The molecule has 1 aromatic rings. The lowest BCUT2D eigenvalue weighted by atomic mass is 10.1. The van der Waals surface area contributed by atoms with E-state index in [1.165, 1.54) is 6.92 Å². The second-order valence-electron chi connectivity index (χ2n) is 2.75. The van der Waals surface area contributed by atoms with Crippen LogP contribution in [0.15, 0.2) is 24.3 Å². The highest BCUT2D eigenvalue weighted by molar-refractivity contribution is 6.30. The molecule has 0 amide bonds. The first-order valence-electron chi connectivity index (χ1n) is 3.93. The predicted molar refractivity (Wildman–Crippen MR) is 52.3 cm³/mol. The van der Waals surface area contributed by atoms with Crippen molar-refractivity contribution in [2.45, 2.75) is 12.3 Å². The van der Waals surface area contributed by atoms with Gasteiger partial charge in [-0.2, -0.15) is 0 Å². The molecule has 3 heteroatoms. The van der Waals surface area contributed by atoms with Gasteiger partial charge in [0, 0.05) is 0 Å². The van der Waals surface area contributed by atoms with E-state index in [-0.39, 0.29) is 5.78 Å². The van der Waals surface area contributed by atoms with E-state index in [1.807, 2.05) is 18.2 Å². The molecule has 1 unspecified atom stereocenters. The van der Waals surface area contributed by atoms with Gasteiger partial charge in [0.05, 0.1) is 7.11 Å². The summed E-state index contributed by atoms with van der Waals surface area (Å²) in [6.07, 6.45) is 0. The molecule has 0 heterocycles. The summed E-state index contributed by atoms with van der Waals surface area (Å²) in [5.41, 5.74) is 0.772. The maximum atomic E-state index is 11.0. The van der Waals surface area contributed by atoms with Gasteiger partial charge in [-0.25, -0.2) is 0 Å². The maximum Gasteiger partial charge on any atom is 0.152 e. The number of carbonyl (C=O) groups excluding carboxylic acids is 1. The summed E-state index contributed by atoms with van der Waals surface area (Å²) < 4.78 is 5.01. The lowest BCUT2D eigenvalue weighted by Crippen LogP contribution is -2.01. The van der Waals surface area contributed by atoms with Gasteiger partial charge in [-0.15, -0.1) is 11.6 Å². The SMILES string of the molecule is COc1cccc(C(Cl)C(C)=O)c1. The Morgan fingerprint density at radius 3 is 2.77 bits per heavy atom. The first-order chi connectivity index (χ1) is 6.15. The van der Waals surface area contributed by atoms with Gasteiger partial charge in [-0.1, -0.05) is 12.1 Å². The fourth-order valence-corrected chi connectivity index (χ4v) is 1.17. The molecule has 0 aliphatic carbocycles. The summed E-state index contributed by atoms with van der Waals surface area (Å²) in [6, 6.07) is 7.19. The highest BCUT2D eigenvalue weighted by Crippen LogP contribution is 2.24. The largest absolute Gasteiger partial charge is 0.497 e. The summed E-state index contributed by atoms with van der Waals surface area (Å²) in [6.45, 7) is 1.47. The molecule has 70 valence electrons. The normalized spacial score (nSPS) is 12.2. The monoisotopic (exact) mass is 198 g/mol. The number of ketones is 1. The molecule has 0 aliphatic heterocycles. The van der Waals surface area contributed by atoms with E-state index in [1.54, 1.807) is 13.2 Å². The molecule has 2 nitrogen and oxygen atoms in total. The van der Waals surface area contributed by atoms with Gasteiger partial charge in [0.2, 0.25) is 0 Å². The van der Waals surface area contributed by atoms with Gasteiger partial charge in [0.1, 0.15) is 11.1 Å². The van der Waals surface area contributed by atoms with Gasteiger partial charge in [-0.3, -0.25) is 4.79 Å². The third kappa shape index (κ3) is 2.46. The Morgan fingerprint density at radius 2 is 2.23 bits per heavy atom. The van der Waals surface area contributed by atoms with E-state index in [2.05, 4.69) is 0 Å². The van der Waals surface area contributed by atoms with Crippen LogP contribution in [0, 0.1) is 0 Å². The third-order valence-corrected chi connectivity index (χ3v) is 2.30. The van der Waals surface area contributed by atoms with Crippen LogP contribution in [-0.4, -0.2) is 12.9 Å². The van der Waals surface area contributed by atoms with E-state index in [9.17, 15) is 4.79 Å². The molecule has 0 saturated carbocycles. The molecule has 0 spiro atoms. The van der Waals surface area contributed by atoms with Crippen molar-refractivity contribution < 1.29 is 9.53 Å². The van der Waals surface area contributed by atoms with Crippen LogP contribution in [0.1, 0.15) is 17.9 Å². The number of benzene rings is 1.